The molecule has 1 amide bonds. The number of carbonyl (C=O) groups excluding carboxylic acids is 1. The molecular weight excluding hydrogens is 272 g/mol. The summed E-state index contributed by atoms with van der Waals surface area (Å²) >= 11 is 1.66. The maximum absolute atomic E-state index is 11.9. The minimum Gasteiger partial charge on any atom is -0.396 e. The first-order chi connectivity index (χ1) is 9.78. The van der Waals surface area contributed by atoms with Crippen molar-refractivity contribution in [3.05, 3.63) is 36.0 Å². The van der Waals surface area contributed by atoms with Gasteiger partial charge >= 0.3 is 0 Å². The number of nitrogens with one attached hydrogen (secondary N) is 1. The van der Waals surface area contributed by atoms with Crippen molar-refractivity contribution in [3.63, 3.8) is 0 Å². The summed E-state index contributed by atoms with van der Waals surface area (Å²) < 4.78 is 0. The van der Waals surface area contributed by atoms with Gasteiger partial charge in [-0.25, -0.2) is 4.98 Å². The largest absolute Gasteiger partial charge is 0.396 e. The summed E-state index contributed by atoms with van der Waals surface area (Å²) in [7, 11) is 0. The number of carbonyl (C=O) groups is 1. The molecule has 2 N–H and O–H groups in total. The average Bonchev–Trinajstić information content (AvgIpc) is 2.92. The van der Waals surface area contributed by atoms with Crippen molar-refractivity contribution in [2.45, 2.75) is 25.0 Å². The molecule has 0 aliphatic heterocycles. The number of hydrogen-bond donors (Lipinski definition) is 2. The fraction of sp³-hybridized carbons (Fsp3) is 0.467. The minimum atomic E-state index is 0.0224. The third-order valence-electron chi connectivity index (χ3n) is 3.16. The lowest BCUT2D eigenvalue weighted by Crippen LogP contribution is -2.15. The zero-order valence-electron chi connectivity index (χ0n) is 11.4. The topological polar surface area (TPSA) is 62.2 Å². The Bertz CT molecular complexity index is 477. The predicted molar refractivity (Wildman–Crippen MR) is 82.6 cm³/mol. The highest BCUT2D eigenvalue weighted by Crippen LogP contribution is 2.21. The van der Waals surface area contributed by atoms with Gasteiger partial charge in [0, 0.05) is 24.1 Å². The molecule has 1 atom stereocenters. The van der Waals surface area contributed by atoms with Crippen molar-refractivity contribution < 1.29 is 9.90 Å². The number of aromatic nitrogens is 1. The second-order valence-corrected chi connectivity index (χ2v) is 5.95. The van der Waals surface area contributed by atoms with E-state index >= 15 is 0 Å². The Morgan fingerprint density at radius 2 is 2.45 bits per heavy atom. The van der Waals surface area contributed by atoms with E-state index < -0.39 is 0 Å². The van der Waals surface area contributed by atoms with E-state index in [1.807, 2.05) is 12.1 Å². The van der Waals surface area contributed by atoms with Crippen molar-refractivity contribution >= 4 is 23.5 Å². The van der Waals surface area contributed by atoms with Gasteiger partial charge in [-0.2, -0.15) is 11.8 Å². The summed E-state index contributed by atoms with van der Waals surface area (Å²) in [6.07, 6.45) is 8.64. The Labute approximate surface area is 123 Å². The van der Waals surface area contributed by atoms with Crippen LogP contribution in [0.2, 0.25) is 0 Å². The number of aliphatic hydroxyl groups is 1. The van der Waals surface area contributed by atoms with Crippen LogP contribution in [0.4, 0.5) is 5.82 Å². The zero-order valence-corrected chi connectivity index (χ0v) is 12.2. The highest BCUT2D eigenvalue weighted by Gasteiger charge is 2.14. The van der Waals surface area contributed by atoms with Gasteiger partial charge in [0.15, 0.2) is 0 Å². The van der Waals surface area contributed by atoms with E-state index in [4.69, 9.17) is 5.11 Å². The Morgan fingerprint density at radius 1 is 1.55 bits per heavy atom. The van der Waals surface area contributed by atoms with Gasteiger partial charge in [-0.05, 0) is 36.5 Å². The van der Waals surface area contributed by atoms with Crippen LogP contribution in [0.25, 0.3) is 0 Å². The maximum Gasteiger partial charge on any atom is 0.226 e. The summed E-state index contributed by atoms with van der Waals surface area (Å²) in [5.74, 6) is 2.54. The first-order valence-corrected chi connectivity index (χ1v) is 8.03. The van der Waals surface area contributed by atoms with Gasteiger partial charge in [-0.3, -0.25) is 4.79 Å². The quantitative estimate of drug-likeness (QED) is 0.599. The van der Waals surface area contributed by atoms with E-state index in [2.05, 4.69) is 22.5 Å². The number of rotatable bonds is 7. The highest BCUT2D eigenvalue weighted by molar-refractivity contribution is 7.98. The number of pyridine rings is 1. The molecule has 0 bridgehead atoms. The van der Waals surface area contributed by atoms with Crippen LogP contribution in [0.1, 0.15) is 24.8 Å². The van der Waals surface area contributed by atoms with Crippen molar-refractivity contribution in [1.82, 2.24) is 4.98 Å². The summed E-state index contributed by atoms with van der Waals surface area (Å²) in [5.41, 5.74) is 1.11. The van der Waals surface area contributed by atoms with Gasteiger partial charge in [0.1, 0.15) is 5.82 Å². The fourth-order valence-corrected chi connectivity index (χ4v) is 2.87. The van der Waals surface area contributed by atoms with Crippen LogP contribution in [0.15, 0.2) is 30.5 Å². The van der Waals surface area contributed by atoms with Gasteiger partial charge in [0.2, 0.25) is 5.91 Å². The molecule has 108 valence electrons. The van der Waals surface area contributed by atoms with Crippen LogP contribution in [-0.4, -0.2) is 28.4 Å². The standard InChI is InChI=1S/C15H20N2O2S/c18-7-8-20-11-13-5-6-16-14(9-13)17-15(19)10-12-3-1-2-4-12/h1,3,5-6,9,12,18H,2,4,7-8,10-11H2,(H,16,17,19). The molecule has 1 aliphatic rings. The van der Waals surface area contributed by atoms with Gasteiger partial charge in [-0.1, -0.05) is 12.2 Å². The molecule has 2 rings (SSSR count). The molecule has 4 nitrogen and oxygen atoms in total. The van der Waals surface area contributed by atoms with Crippen molar-refractivity contribution in [2.24, 2.45) is 5.92 Å². The minimum absolute atomic E-state index is 0.0224. The lowest BCUT2D eigenvalue weighted by Gasteiger charge is -2.09. The van der Waals surface area contributed by atoms with E-state index in [9.17, 15) is 4.79 Å². The van der Waals surface area contributed by atoms with E-state index in [1.165, 1.54) is 0 Å². The van der Waals surface area contributed by atoms with E-state index in [0.717, 1.165) is 29.9 Å². The highest BCUT2D eigenvalue weighted by atomic mass is 32.2. The molecule has 1 aromatic heterocycles. The average molecular weight is 292 g/mol. The van der Waals surface area contributed by atoms with Crippen molar-refractivity contribution in [3.8, 4) is 0 Å². The fourth-order valence-electron chi connectivity index (χ4n) is 2.18. The van der Waals surface area contributed by atoms with Gasteiger partial charge in [0.25, 0.3) is 0 Å². The normalized spacial score (nSPS) is 17.4. The molecule has 1 aliphatic carbocycles. The van der Waals surface area contributed by atoms with Crippen LogP contribution in [0, 0.1) is 5.92 Å². The molecule has 1 aromatic rings. The Morgan fingerprint density at radius 3 is 3.20 bits per heavy atom. The molecule has 0 fully saturated rings. The Balaban J connectivity index is 1.83. The summed E-state index contributed by atoms with van der Waals surface area (Å²) in [6, 6.07) is 3.83. The SMILES string of the molecule is O=C(CC1C=CCC1)Nc1cc(CSCCO)ccn1. The van der Waals surface area contributed by atoms with Gasteiger partial charge in [-0.15, -0.1) is 0 Å². The number of anilines is 1. The second kappa shape index (κ2) is 8.07. The molecule has 1 unspecified atom stereocenters. The third kappa shape index (κ3) is 4.98. The first-order valence-electron chi connectivity index (χ1n) is 6.88. The second-order valence-electron chi connectivity index (χ2n) is 4.84. The van der Waals surface area contributed by atoms with Crippen LogP contribution >= 0.6 is 11.8 Å². The van der Waals surface area contributed by atoms with Crippen LogP contribution in [0.5, 0.6) is 0 Å². The monoisotopic (exact) mass is 292 g/mol. The number of allylic oxidation sites excluding steroid dienone is 2. The number of aliphatic hydroxyl groups excluding tert-OH is 1. The number of nitrogens with zero attached hydrogens (tertiary/aromatic N) is 1. The van der Waals surface area contributed by atoms with E-state index in [0.29, 0.717) is 18.2 Å². The summed E-state index contributed by atoms with van der Waals surface area (Å²) in [4.78, 5) is 16.1. The molecule has 0 spiro atoms. The van der Waals surface area contributed by atoms with E-state index in [1.54, 1.807) is 18.0 Å². The van der Waals surface area contributed by atoms with Crippen molar-refractivity contribution in [2.75, 3.05) is 17.7 Å². The summed E-state index contributed by atoms with van der Waals surface area (Å²) in [6.45, 7) is 0.189. The van der Waals surface area contributed by atoms with Crippen molar-refractivity contribution in [1.29, 1.82) is 0 Å². The van der Waals surface area contributed by atoms with E-state index in [-0.39, 0.29) is 12.5 Å². The van der Waals surface area contributed by atoms with Gasteiger partial charge < -0.3 is 10.4 Å². The van der Waals surface area contributed by atoms with Crippen LogP contribution < -0.4 is 5.32 Å². The molecular formula is C15H20N2O2S. The maximum atomic E-state index is 11.9. The van der Waals surface area contributed by atoms with Gasteiger partial charge in [0.05, 0.1) is 6.61 Å². The molecule has 0 aromatic carbocycles. The smallest absolute Gasteiger partial charge is 0.226 e. The molecule has 5 heteroatoms. The lowest BCUT2D eigenvalue weighted by molar-refractivity contribution is -0.116. The lowest BCUT2D eigenvalue weighted by atomic mass is 10.1. The molecule has 0 radical (unpaired) electrons. The molecule has 20 heavy (non-hydrogen) atoms. The van der Waals surface area contributed by atoms with Crippen LogP contribution in [-0.2, 0) is 10.5 Å². The zero-order chi connectivity index (χ0) is 14.2. The first kappa shape index (κ1) is 15.1. The number of amides is 1. The predicted octanol–water partition coefficient (Wildman–Crippen LogP) is 2.60. The number of thioether (sulfide) groups is 1. The molecule has 1 heterocycles. The molecule has 0 saturated heterocycles. The molecule has 0 saturated carbocycles. The number of hydrogen-bond acceptors (Lipinski definition) is 4. The van der Waals surface area contributed by atoms with Crippen LogP contribution in [0.3, 0.4) is 0 Å². The Kier molecular flexibility index (Phi) is 6.08. The Hall–Kier alpha value is -1.33. The summed E-state index contributed by atoms with van der Waals surface area (Å²) in [5, 5.41) is 11.6. The third-order valence-corrected chi connectivity index (χ3v) is 4.16.